The molecule has 0 saturated heterocycles. The first-order chi connectivity index (χ1) is 7.41. The molecule has 1 aromatic rings. The van der Waals surface area contributed by atoms with Crippen LogP contribution in [0, 0.1) is 5.82 Å². The molecular weight excluding hydrogens is 259 g/mol. The quantitative estimate of drug-likeness (QED) is 0.883. The number of carboxylic acids is 1. The highest BCUT2D eigenvalue weighted by atomic mass is 35.5. The molecule has 0 aliphatic rings. The van der Waals surface area contributed by atoms with Crippen molar-refractivity contribution in [2.24, 2.45) is 5.73 Å². The van der Waals surface area contributed by atoms with Crippen LogP contribution in [-0.2, 0) is 4.79 Å². The number of aliphatic carboxylic acids is 1. The van der Waals surface area contributed by atoms with Gasteiger partial charge in [-0.05, 0) is 11.6 Å². The lowest BCUT2D eigenvalue weighted by Crippen LogP contribution is -2.15. The summed E-state index contributed by atoms with van der Waals surface area (Å²) in [5.41, 5.74) is 4.92. The molecule has 0 radical (unpaired) electrons. The van der Waals surface area contributed by atoms with E-state index < -0.39 is 29.8 Å². The van der Waals surface area contributed by atoms with Gasteiger partial charge in [0, 0.05) is 6.04 Å². The smallest absolute Gasteiger partial charge is 0.305 e. The molecule has 0 aromatic heterocycles. The van der Waals surface area contributed by atoms with Crippen molar-refractivity contribution in [3.05, 3.63) is 35.1 Å². The molecule has 0 bridgehead atoms. The fourth-order valence-electron chi connectivity index (χ4n) is 1.26. The topological polar surface area (TPSA) is 63.3 Å². The summed E-state index contributed by atoms with van der Waals surface area (Å²) in [5.74, 6) is -2.21. The molecule has 0 aliphatic heterocycles. The second-order valence-corrected chi connectivity index (χ2v) is 3.29. The minimum atomic E-state index is -2.90. The van der Waals surface area contributed by atoms with Crippen LogP contribution in [0.4, 0.5) is 13.2 Å². The van der Waals surface area contributed by atoms with E-state index in [9.17, 15) is 18.0 Å². The van der Waals surface area contributed by atoms with Crippen LogP contribution in [0.15, 0.2) is 18.2 Å². The van der Waals surface area contributed by atoms with Crippen LogP contribution in [0.3, 0.4) is 0 Å². The summed E-state index contributed by atoms with van der Waals surface area (Å²) in [5, 5.41) is 8.46. The maximum atomic E-state index is 13.1. The Hall–Kier alpha value is -1.27. The van der Waals surface area contributed by atoms with Gasteiger partial charge < -0.3 is 10.8 Å². The predicted octanol–water partition coefficient (Wildman–Crippen LogP) is 2.66. The Balaban J connectivity index is 0.00000256. The molecule has 96 valence electrons. The fraction of sp³-hybridized carbons (Fsp3) is 0.300. The van der Waals surface area contributed by atoms with Crippen LogP contribution in [0.1, 0.15) is 30.0 Å². The Morgan fingerprint density at radius 3 is 2.41 bits per heavy atom. The van der Waals surface area contributed by atoms with Gasteiger partial charge in [0.2, 0.25) is 0 Å². The molecule has 0 amide bonds. The number of alkyl halides is 2. The van der Waals surface area contributed by atoms with Gasteiger partial charge in [0.1, 0.15) is 5.82 Å². The lowest BCUT2D eigenvalue weighted by molar-refractivity contribution is -0.137. The Labute approximate surface area is 102 Å². The van der Waals surface area contributed by atoms with E-state index in [1.807, 2.05) is 0 Å². The first kappa shape index (κ1) is 15.7. The highest BCUT2D eigenvalue weighted by Gasteiger charge is 2.16. The Morgan fingerprint density at radius 2 is 2.00 bits per heavy atom. The lowest BCUT2D eigenvalue weighted by Gasteiger charge is -2.10. The van der Waals surface area contributed by atoms with Crippen molar-refractivity contribution in [1.29, 1.82) is 0 Å². The van der Waals surface area contributed by atoms with Crippen molar-refractivity contribution in [2.75, 3.05) is 0 Å². The Kier molecular flexibility index (Phi) is 5.98. The van der Waals surface area contributed by atoms with Crippen LogP contribution in [0.5, 0.6) is 0 Å². The maximum absolute atomic E-state index is 13.1. The van der Waals surface area contributed by atoms with E-state index in [4.69, 9.17) is 10.8 Å². The fourth-order valence-corrected chi connectivity index (χ4v) is 1.26. The van der Waals surface area contributed by atoms with Gasteiger partial charge in [0.05, 0.1) is 12.0 Å². The van der Waals surface area contributed by atoms with E-state index in [1.54, 1.807) is 0 Å². The lowest BCUT2D eigenvalue weighted by atomic mass is 10.0. The molecule has 1 atom stereocenters. The van der Waals surface area contributed by atoms with Crippen LogP contribution >= 0.6 is 12.4 Å². The summed E-state index contributed by atoms with van der Waals surface area (Å²) < 4.78 is 37.5. The van der Waals surface area contributed by atoms with Gasteiger partial charge in [0.15, 0.2) is 0 Å². The number of benzene rings is 1. The normalized spacial score (nSPS) is 12.1. The highest BCUT2D eigenvalue weighted by molar-refractivity contribution is 5.85. The first-order valence-electron chi connectivity index (χ1n) is 4.46. The van der Waals surface area contributed by atoms with Crippen molar-refractivity contribution in [3.8, 4) is 0 Å². The molecule has 17 heavy (non-hydrogen) atoms. The number of carbonyl (C=O) groups is 1. The number of halogens is 4. The molecule has 3 nitrogen and oxygen atoms in total. The number of carboxylic acid groups (broad SMARTS) is 1. The van der Waals surface area contributed by atoms with E-state index in [0.29, 0.717) is 0 Å². The SMILES string of the molecule is Cl.N[C@H](CC(=O)O)c1ccc(C(F)F)c(F)c1. The van der Waals surface area contributed by atoms with Crippen molar-refractivity contribution in [2.45, 2.75) is 18.9 Å². The Bertz CT molecular complexity index is 401. The van der Waals surface area contributed by atoms with Gasteiger partial charge in [0.25, 0.3) is 6.43 Å². The van der Waals surface area contributed by atoms with Crippen molar-refractivity contribution < 1.29 is 23.1 Å². The van der Waals surface area contributed by atoms with Crippen LogP contribution in [-0.4, -0.2) is 11.1 Å². The summed E-state index contributed by atoms with van der Waals surface area (Å²) in [6.07, 6.45) is -3.28. The third kappa shape index (κ3) is 4.24. The van der Waals surface area contributed by atoms with E-state index in [0.717, 1.165) is 12.1 Å². The summed E-state index contributed by atoms with van der Waals surface area (Å²) >= 11 is 0. The van der Waals surface area contributed by atoms with Gasteiger partial charge in [-0.1, -0.05) is 12.1 Å². The average molecular weight is 270 g/mol. The maximum Gasteiger partial charge on any atom is 0.305 e. The Morgan fingerprint density at radius 1 is 1.41 bits per heavy atom. The average Bonchev–Trinajstić information content (AvgIpc) is 2.15. The third-order valence-electron chi connectivity index (χ3n) is 2.08. The molecule has 0 heterocycles. The zero-order valence-electron chi connectivity index (χ0n) is 8.57. The first-order valence-corrected chi connectivity index (χ1v) is 4.46. The van der Waals surface area contributed by atoms with Crippen molar-refractivity contribution in [3.63, 3.8) is 0 Å². The molecule has 0 aliphatic carbocycles. The molecular formula is C10H11ClF3NO2. The molecule has 0 fully saturated rings. The van der Waals surface area contributed by atoms with Crippen LogP contribution in [0.2, 0.25) is 0 Å². The second kappa shape index (κ2) is 6.46. The van der Waals surface area contributed by atoms with Gasteiger partial charge in [-0.25, -0.2) is 13.2 Å². The third-order valence-corrected chi connectivity index (χ3v) is 2.08. The standard InChI is InChI=1S/C10H10F3NO2.ClH/c11-7-3-5(8(14)4-9(15)16)1-2-6(7)10(12)13;/h1-3,8,10H,4,14H2,(H,15,16);1H/t8-;/m1./s1. The molecule has 1 aromatic carbocycles. The minimum absolute atomic E-state index is 0. The van der Waals surface area contributed by atoms with Crippen molar-refractivity contribution in [1.82, 2.24) is 0 Å². The van der Waals surface area contributed by atoms with Crippen LogP contribution < -0.4 is 5.73 Å². The van der Waals surface area contributed by atoms with Gasteiger partial charge >= 0.3 is 5.97 Å². The number of hydrogen-bond acceptors (Lipinski definition) is 2. The van der Waals surface area contributed by atoms with Gasteiger partial charge in [-0.15, -0.1) is 12.4 Å². The molecule has 3 N–H and O–H groups in total. The molecule has 7 heteroatoms. The number of hydrogen-bond donors (Lipinski definition) is 2. The summed E-state index contributed by atoms with van der Waals surface area (Å²) in [6.45, 7) is 0. The summed E-state index contributed by atoms with van der Waals surface area (Å²) in [6, 6.07) is 2.06. The molecule has 0 unspecified atom stereocenters. The monoisotopic (exact) mass is 269 g/mol. The minimum Gasteiger partial charge on any atom is -0.481 e. The van der Waals surface area contributed by atoms with E-state index in [-0.39, 0.29) is 24.4 Å². The van der Waals surface area contributed by atoms with Gasteiger partial charge in [-0.2, -0.15) is 0 Å². The van der Waals surface area contributed by atoms with E-state index in [1.165, 1.54) is 6.07 Å². The molecule has 1 rings (SSSR count). The highest BCUT2D eigenvalue weighted by Crippen LogP contribution is 2.25. The van der Waals surface area contributed by atoms with Gasteiger partial charge in [-0.3, -0.25) is 4.79 Å². The van der Waals surface area contributed by atoms with E-state index >= 15 is 0 Å². The van der Waals surface area contributed by atoms with Crippen molar-refractivity contribution >= 4 is 18.4 Å². The molecule has 0 spiro atoms. The number of nitrogens with two attached hydrogens (primary N) is 1. The zero-order valence-corrected chi connectivity index (χ0v) is 9.39. The number of rotatable bonds is 4. The van der Waals surface area contributed by atoms with Crippen LogP contribution in [0.25, 0.3) is 0 Å². The largest absolute Gasteiger partial charge is 0.481 e. The predicted molar refractivity (Wildman–Crippen MR) is 57.8 cm³/mol. The summed E-state index contributed by atoms with van der Waals surface area (Å²) in [4.78, 5) is 10.3. The second-order valence-electron chi connectivity index (χ2n) is 3.29. The summed E-state index contributed by atoms with van der Waals surface area (Å²) in [7, 11) is 0. The zero-order chi connectivity index (χ0) is 12.3. The van der Waals surface area contributed by atoms with E-state index in [2.05, 4.69) is 0 Å². The molecule has 0 saturated carbocycles.